The molecule has 1 unspecified atom stereocenters. The zero-order valence-electron chi connectivity index (χ0n) is 13.4. The Kier molecular flexibility index (Phi) is 4.13. The van der Waals surface area contributed by atoms with Crippen LogP contribution < -0.4 is 5.32 Å². The minimum absolute atomic E-state index is 0.191. The number of aromatic nitrogens is 2. The van der Waals surface area contributed by atoms with Gasteiger partial charge in [-0.2, -0.15) is 0 Å². The highest BCUT2D eigenvalue weighted by atomic mass is 16.5. The third kappa shape index (κ3) is 3.23. The number of nitrogens with one attached hydrogen (secondary N) is 1. The molecule has 1 aromatic carbocycles. The summed E-state index contributed by atoms with van der Waals surface area (Å²) in [6.07, 6.45) is 3.72. The molecule has 4 rings (SSSR count). The maximum atomic E-state index is 12.5. The van der Waals surface area contributed by atoms with Crippen molar-refractivity contribution in [1.82, 2.24) is 14.9 Å². The van der Waals surface area contributed by atoms with Gasteiger partial charge in [0.1, 0.15) is 11.9 Å². The molecule has 2 aliphatic rings. The van der Waals surface area contributed by atoms with Gasteiger partial charge in [-0.3, -0.25) is 4.79 Å². The van der Waals surface area contributed by atoms with Gasteiger partial charge in [-0.05, 0) is 31.0 Å². The summed E-state index contributed by atoms with van der Waals surface area (Å²) >= 11 is 0. The fourth-order valence-electron chi connectivity index (χ4n) is 2.92. The molecule has 1 saturated carbocycles. The van der Waals surface area contributed by atoms with Gasteiger partial charge in [0.25, 0.3) is 0 Å². The first kappa shape index (κ1) is 15.1. The number of nitrogens with zero attached hydrogens (tertiary/aromatic N) is 3. The number of para-hydroxylation sites is 1. The van der Waals surface area contributed by atoms with E-state index in [1.807, 2.05) is 41.3 Å². The summed E-state index contributed by atoms with van der Waals surface area (Å²) < 4.78 is 5.58. The van der Waals surface area contributed by atoms with Crippen molar-refractivity contribution in [3.8, 4) is 0 Å². The maximum absolute atomic E-state index is 12.5. The van der Waals surface area contributed by atoms with E-state index in [0.29, 0.717) is 25.6 Å². The Labute approximate surface area is 140 Å². The first-order valence-corrected chi connectivity index (χ1v) is 8.34. The zero-order valence-corrected chi connectivity index (χ0v) is 13.4. The number of ether oxygens (including phenoxy) is 1. The van der Waals surface area contributed by atoms with Crippen LogP contribution in [0.3, 0.4) is 0 Å². The lowest BCUT2D eigenvalue weighted by molar-refractivity contribution is -0.141. The summed E-state index contributed by atoms with van der Waals surface area (Å²) in [7, 11) is 0. The minimum atomic E-state index is -0.204. The summed E-state index contributed by atoms with van der Waals surface area (Å²) in [5.74, 6) is 1.75. The number of benzene rings is 1. The maximum Gasteiger partial charge on any atom is 0.226 e. The molecule has 1 aromatic heterocycles. The van der Waals surface area contributed by atoms with Crippen LogP contribution in [0.4, 0.5) is 11.5 Å². The van der Waals surface area contributed by atoms with Gasteiger partial charge in [-0.25, -0.2) is 9.97 Å². The number of rotatable bonds is 4. The number of anilines is 2. The highest BCUT2D eigenvalue weighted by Crippen LogP contribution is 2.34. The van der Waals surface area contributed by atoms with Crippen LogP contribution in [0.25, 0.3) is 0 Å². The van der Waals surface area contributed by atoms with E-state index in [4.69, 9.17) is 4.74 Å². The Morgan fingerprint density at radius 1 is 1.21 bits per heavy atom. The topological polar surface area (TPSA) is 67.4 Å². The van der Waals surface area contributed by atoms with Gasteiger partial charge in [0.15, 0.2) is 5.82 Å². The average Bonchev–Trinajstić information content (AvgIpc) is 3.47. The lowest BCUT2D eigenvalue weighted by Gasteiger charge is -2.34. The van der Waals surface area contributed by atoms with Gasteiger partial charge in [-0.15, -0.1) is 0 Å². The van der Waals surface area contributed by atoms with Crippen LogP contribution in [0.2, 0.25) is 0 Å². The third-order valence-electron chi connectivity index (χ3n) is 4.36. The second-order valence-corrected chi connectivity index (χ2v) is 6.19. The summed E-state index contributed by atoms with van der Waals surface area (Å²) in [6.45, 7) is 1.64. The van der Waals surface area contributed by atoms with Crippen LogP contribution in [-0.2, 0) is 9.53 Å². The molecule has 2 heterocycles. The number of carbonyl (C=O) groups is 1. The molecule has 1 saturated heterocycles. The molecule has 6 heteroatoms. The number of morpholine rings is 1. The van der Waals surface area contributed by atoms with Crippen LogP contribution in [-0.4, -0.2) is 40.5 Å². The van der Waals surface area contributed by atoms with E-state index in [0.717, 1.165) is 24.3 Å². The highest BCUT2D eigenvalue weighted by molar-refractivity contribution is 5.81. The zero-order chi connectivity index (χ0) is 16.4. The van der Waals surface area contributed by atoms with Crippen LogP contribution in [0.15, 0.2) is 42.6 Å². The second-order valence-electron chi connectivity index (χ2n) is 6.19. The normalized spacial score (nSPS) is 20.7. The summed E-state index contributed by atoms with van der Waals surface area (Å²) in [5.41, 5.74) is 0.966. The van der Waals surface area contributed by atoms with Crippen molar-refractivity contribution in [1.29, 1.82) is 0 Å². The van der Waals surface area contributed by atoms with E-state index < -0.39 is 0 Å². The van der Waals surface area contributed by atoms with Crippen LogP contribution in [0, 0.1) is 5.92 Å². The Hall–Kier alpha value is -2.47. The van der Waals surface area contributed by atoms with Crippen molar-refractivity contribution < 1.29 is 9.53 Å². The molecule has 1 N–H and O–H groups in total. The Morgan fingerprint density at radius 3 is 2.83 bits per heavy atom. The van der Waals surface area contributed by atoms with Crippen molar-refractivity contribution in [3.63, 3.8) is 0 Å². The quantitative estimate of drug-likeness (QED) is 0.936. The Morgan fingerprint density at radius 2 is 2.04 bits per heavy atom. The molecule has 2 aromatic rings. The van der Waals surface area contributed by atoms with Gasteiger partial charge in [0.2, 0.25) is 5.91 Å². The molecule has 24 heavy (non-hydrogen) atoms. The summed E-state index contributed by atoms with van der Waals surface area (Å²) in [4.78, 5) is 23.4. The fourth-order valence-corrected chi connectivity index (χ4v) is 2.92. The predicted molar refractivity (Wildman–Crippen MR) is 89.8 cm³/mol. The lowest BCUT2D eigenvalue weighted by atomic mass is 10.2. The first-order valence-electron chi connectivity index (χ1n) is 8.34. The molecule has 124 valence electrons. The average molecular weight is 324 g/mol. The Bertz CT molecular complexity index is 718. The van der Waals surface area contributed by atoms with Crippen molar-refractivity contribution >= 4 is 17.4 Å². The molecule has 6 nitrogen and oxygen atoms in total. The SMILES string of the molecule is O=C(C1CC1)N1CCOCC1c1nccc(Nc2ccccc2)n1. The molecular weight excluding hydrogens is 304 g/mol. The van der Waals surface area contributed by atoms with E-state index in [2.05, 4.69) is 15.3 Å². The second kappa shape index (κ2) is 6.57. The predicted octanol–water partition coefficient (Wildman–Crippen LogP) is 2.53. The van der Waals surface area contributed by atoms with Crippen molar-refractivity contribution in [3.05, 3.63) is 48.4 Å². The monoisotopic (exact) mass is 324 g/mol. The molecule has 1 amide bonds. The van der Waals surface area contributed by atoms with E-state index >= 15 is 0 Å². The van der Waals surface area contributed by atoms with Crippen molar-refractivity contribution in [2.75, 3.05) is 25.1 Å². The van der Waals surface area contributed by atoms with Crippen molar-refractivity contribution in [2.24, 2.45) is 5.92 Å². The van der Waals surface area contributed by atoms with Gasteiger partial charge < -0.3 is 15.0 Å². The van der Waals surface area contributed by atoms with Crippen LogP contribution in [0.5, 0.6) is 0 Å². The van der Waals surface area contributed by atoms with Crippen LogP contribution >= 0.6 is 0 Å². The molecule has 1 aliphatic heterocycles. The van der Waals surface area contributed by atoms with Gasteiger partial charge in [0, 0.05) is 24.3 Å². The largest absolute Gasteiger partial charge is 0.377 e. The van der Waals surface area contributed by atoms with E-state index in [1.165, 1.54) is 0 Å². The summed E-state index contributed by atoms with van der Waals surface area (Å²) in [5, 5.41) is 3.27. The van der Waals surface area contributed by atoms with Gasteiger partial charge >= 0.3 is 0 Å². The molecular formula is C18H20N4O2. The lowest BCUT2D eigenvalue weighted by Crippen LogP contribution is -2.44. The molecule has 2 fully saturated rings. The van der Waals surface area contributed by atoms with Gasteiger partial charge in [-0.1, -0.05) is 18.2 Å². The smallest absolute Gasteiger partial charge is 0.226 e. The fraction of sp³-hybridized carbons (Fsp3) is 0.389. The number of carbonyl (C=O) groups excluding carboxylic acids is 1. The molecule has 0 radical (unpaired) electrons. The molecule has 0 bridgehead atoms. The van der Waals surface area contributed by atoms with Crippen molar-refractivity contribution in [2.45, 2.75) is 18.9 Å². The van der Waals surface area contributed by atoms with E-state index in [1.54, 1.807) is 6.20 Å². The molecule has 1 aliphatic carbocycles. The van der Waals surface area contributed by atoms with E-state index in [9.17, 15) is 4.79 Å². The van der Waals surface area contributed by atoms with Crippen LogP contribution in [0.1, 0.15) is 24.7 Å². The number of amides is 1. The first-order chi connectivity index (χ1) is 11.8. The minimum Gasteiger partial charge on any atom is -0.377 e. The Balaban J connectivity index is 1.55. The summed E-state index contributed by atoms with van der Waals surface area (Å²) in [6, 6.07) is 11.5. The standard InChI is InChI=1S/C18H20N4O2/c23-18(13-6-7-13)22-10-11-24-12-15(22)17-19-9-8-16(21-17)20-14-4-2-1-3-5-14/h1-5,8-9,13,15H,6-7,10-12H2,(H,19,20,21). The highest BCUT2D eigenvalue weighted by Gasteiger charge is 2.39. The molecule has 1 atom stereocenters. The number of hydrogen-bond donors (Lipinski definition) is 1. The van der Waals surface area contributed by atoms with Gasteiger partial charge in [0.05, 0.1) is 13.2 Å². The number of hydrogen-bond acceptors (Lipinski definition) is 5. The molecule has 0 spiro atoms. The third-order valence-corrected chi connectivity index (χ3v) is 4.36. The van der Waals surface area contributed by atoms with E-state index in [-0.39, 0.29) is 17.9 Å².